The van der Waals surface area contributed by atoms with Crippen LogP contribution in [0.3, 0.4) is 0 Å². The van der Waals surface area contributed by atoms with Crippen molar-refractivity contribution in [1.29, 1.82) is 0 Å². The van der Waals surface area contributed by atoms with Crippen molar-refractivity contribution in [3.05, 3.63) is 11.8 Å². The van der Waals surface area contributed by atoms with Gasteiger partial charge in [-0.3, -0.25) is 4.79 Å². The van der Waals surface area contributed by atoms with Crippen LogP contribution in [0.15, 0.2) is 11.8 Å². The Morgan fingerprint density at radius 3 is 2.30 bits per heavy atom. The summed E-state index contributed by atoms with van der Waals surface area (Å²) in [6.07, 6.45) is -0.517. The fourth-order valence-electron chi connectivity index (χ4n) is 2.55. The highest BCUT2D eigenvalue weighted by Gasteiger charge is 2.41. The molecule has 0 spiro atoms. The minimum Gasteiger partial charge on any atom is -0.362 e. The van der Waals surface area contributed by atoms with Crippen molar-refractivity contribution in [2.24, 2.45) is 0 Å². The van der Waals surface area contributed by atoms with Gasteiger partial charge in [-0.2, -0.15) is 0 Å². The van der Waals surface area contributed by atoms with E-state index in [1.807, 2.05) is 27.7 Å². The van der Waals surface area contributed by atoms with E-state index in [-0.39, 0.29) is 24.7 Å². The molecule has 1 amide bonds. The molecular weight excluding hydrogens is 310 g/mol. The van der Waals surface area contributed by atoms with Crippen LogP contribution in [0.25, 0.3) is 0 Å². The van der Waals surface area contributed by atoms with Gasteiger partial charge in [0.1, 0.15) is 18.8 Å². The summed E-state index contributed by atoms with van der Waals surface area (Å²) in [5.74, 6) is -0.615. The van der Waals surface area contributed by atoms with Crippen LogP contribution >= 0.6 is 0 Å². The quantitative estimate of drug-likeness (QED) is 0.636. The van der Waals surface area contributed by atoms with Gasteiger partial charge in [0.2, 0.25) is 5.91 Å². The lowest BCUT2D eigenvalue weighted by atomic mass is 10.2. The molecule has 0 aliphatic carbocycles. The molecule has 6 heteroatoms. The second-order valence-corrected chi connectivity index (χ2v) is 12.6. The highest BCUT2D eigenvalue weighted by Crippen LogP contribution is 2.30. The van der Waals surface area contributed by atoms with Gasteiger partial charge in [0, 0.05) is 13.1 Å². The Bertz CT molecular complexity index is 427. The number of nitrogens with zero attached hydrogens (tertiary/aromatic N) is 1. The maximum Gasteiger partial charge on any atom is 0.248 e. The third-order valence-corrected chi connectivity index (χ3v) is 6.39. The number of amides is 1. The van der Waals surface area contributed by atoms with Gasteiger partial charge in [-0.1, -0.05) is 24.8 Å². The predicted molar refractivity (Wildman–Crippen MR) is 95.1 cm³/mol. The van der Waals surface area contributed by atoms with E-state index >= 15 is 0 Å². The summed E-state index contributed by atoms with van der Waals surface area (Å²) in [4.78, 5) is 14.0. The Balaban J connectivity index is 2.81. The summed E-state index contributed by atoms with van der Waals surface area (Å²) in [6.45, 7) is 20.5. The van der Waals surface area contributed by atoms with Crippen molar-refractivity contribution in [1.82, 2.24) is 4.90 Å². The minimum atomic E-state index is -1.63. The number of carbonyl (C=O) groups excluding carboxylic acids is 1. The Hall–Kier alpha value is -0.693. The zero-order valence-corrected chi connectivity index (χ0v) is 16.8. The van der Waals surface area contributed by atoms with Crippen LogP contribution in [0.2, 0.25) is 19.6 Å². The first-order chi connectivity index (χ1) is 10.5. The average molecular weight is 344 g/mol. The first kappa shape index (κ1) is 20.4. The molecule has 2 unspecified atom stereocenters. The number of likely N-dealkylation sites (N-methyl/N-ethyl adjacent to an activating group) is 1. The molecule has 1 aliphatic heterocycles. The van der Waals surface area contributed by atoms with E-state index in [1.54, 1.807) is 4.90 Å². The molecule has 0 aromatic heterocycles. The average Bonchev–Trinajstić information content (AvgIpc) is 2.79. The van der Waals surface area contributed by atoms with Crippen LogP contribution in [0.1, 0.15) is 27.7 Å². The molecular formula is C17H33NO4Si. The first-order valence-corrected chi connectivity index (χ1v) is 11.9. The van der Waals surface area contributed by atoms with Crippen LogP contribution in [0.5, 0.6) is 0 Å². The van der Waals surface area contributed by atoms with Crippen molar-refractivity contribution in [3.8, 4) is 0 Å². The molecule has 1 saturated heterocycles. The summed E-state index contributed by atoms with van der Waals surface area (Å²) < 4.78 is 17.6. The number of hydrogen-bond acceptors (Lipinski definition) is 4. The molecule has 0 radical (unpaired) electrons. The molecule has 134 valence electrons. The minimum absolute atomic E-state index is 0.00144. The number of hydrogen-bond donors (Lipinski definition) is 0. The fraction of sp³-hybridized carbons (Fsp3) is 0.824. The van der Waals surface area contributed by atoms with Gasteiger partial charge >= 0.3 is 0 Å². The van der Waals surface area contributed by atoms with Crippen LogP contribution in [0, 0.1) is 0 Å². The molecule has 0 saturated carbocycles. The molecule has 0 bridgehead atoms. The van der Waals surface area contributed by atoms with Gasteiger partial charge in [-0.15, -0.1) is 6.58 Å². The summed E-state index contributed by atoms with van der Waals surface area (Å²) in [5, 5.41) is 1.05. The van der Waals surface area contributed by atoms with Crippen molar-refractivity contribution in [2.75, 3.05) is 26.3 Å². The summed E-state index contributed by atoms with van der Waals surface area (Å²) in [6, 6.07) is 0. The topological polar surface area (TPSA) is 48.0 Å². The molecule has 0 N–H and O–H groups in total. The zero-order valence-electron chi connectivity index (χ0n) is 15.8. The monoisotopic (exact) mass is 343 g/mol. The van der Waals surface area contributed by atoms with Gasteiger partial charge in [0.25, 0.3) is 0 Å². The SMILES string of the molecule is C=C(C(OCC(=O)N(CC)CC)C1COC(C)(C)O1)[Si](C)(C)C. The van der Waals surface area contributed by atoms with E-state index in [2.05, 4.69) is 26.2 Å². The lowest BCUT2D eigenvalue weighted by molar-refractivity contribution is -0.156. The molecule has 23 heavy (non-hydrogen) atoms. The number of ether oxygens (including phenoxy) is 3. The highest BCUT2D eigenvalue weighted by atomic mass is 28.3. The second kappa shape index (κ2) is 7.92. The van der Waals surface area contributed by atoms with Crippen molar-refractivity contribution in [2.45, 2.75) is 65.3 Å². The Kier molecular flexibility index (Phi) is 7.01. The summed E-state index contributed by atoms with van der Waals surface area (Å²) in [5.41, 5.74) is 0. The van der Waals surface area contributed by atoms with Gasteiger partial charge < -0.3 is 19.1 Å². The standard InChI is InChI=1S/C17H33NO4Si/c1-9-18(10-2)15(19)12-20-16(13(3)23(6,7)8)14-11-21-17(4,5)22-14/h14,16H,3,9-12H2,1-2,4-8H3. The predicted octanol–water partition coefficient (Wildman–Crippen LogP) is 2.83. The molecule has 0 aromatic rings. The fourth-order valence-corrected chi connectivity index (χ4v) is 3.68. The molecule has 1 aliphatic rings. The van der Waals surface area contributed by atoms with Gasteiger partial charge in [0.05, 0.1) is 14.7 Å². The van der Waals surface area contributed by atoms with Crippen LogP contribution in [-0.4, -0.2) is 63.2 Å². The lowest BCUT2D eigenvalue weighted by Gasteiger charge is -2.32. The number of rotatable bonds is 8. The Morgan fingerprint density at radius 1 is 1.35 bits per heavy atom. The third-order valence-electron chi connectivity index (χ3n) is 4.18. The van der Waals surface area contributed by atoms with Gasteiger partial charge in [0.15, 0.2) is 5.79 Å². The molecule has 1 heterocycles. The largest absolute Gasteiger partial charge is 0.362 e. The summed E-state index contributed by atoms with van der Waals surface area (Å²) >= 11 is 0. The van der Waals surface area contributed by atoms with Crippen molar-refractivity contribution in [3.63, 3.8) is 0 Å². The number of carbonyl (C=O) groups is 1. The maximum absolute atomic E-state index is 12.2. The molecule has 1 rings (SSSR count). The molecule has 5 nitrogen and oxygen atoms in total. The van der Waals surface area contributed by atoms with E-state index in [0.717, 1.165) is 5.20 Å². The van der Waals surface area contributed by atoms with Crippen LogP contribution < -0.4 is 0 Å². The van der Waals surface area contributed by atoms with Crippen molar-refractivity contribution < 1.29 is 19.0 Å². The lowest BCUT2D eigenvalue weighted by Crippen LogP contribution is -2.44. The van der Waals surface area contributed by atoms with E-state index < -0.39 is 13.9 Å². The van der Waals surface area contributed by atoms with Crippen molar-refractivity contribution >= 4 is 14.0 Å². The highest BCUT2D eigenvalue weighted by molar-refractivity contribution is 6.83. The molecule has 2 atom stereocenters. The Morgan fingerprint density at radius 2 is 1.91 bits per heavy atom. The normalized spacial score (nSPS) is 22.0. The second-order valence-electron chi connectivity index (χ2n) is 7.44. The smallest absolute Gasteiger partial charge is 0.248 e. The third kappa shape index (κ3) is 5.71. The van der Waals surface area contributed by atoms with E-state index in [4.69, 9.17) is 14.2 Å². The van der Waals surface area contributed by atoms with E-state index in [9.17, 15) is 4.79 Å². The zero-order chi connectivity index (χ0) is 17.8. The van der Waals surface area contributed by atoms with E-state index in [1.165, 1.54) is 0 Å². The summed E-state index contributed by atoms with van der Waals surface area (Å²) in [7, 11) is -1.63. The van der Waals surface area contributed by atoms with Crippen LogP contribution in [0.4, 0.5) is 0 Å². The van der Waals surface area contributed by atoms with Gasteiger partial charge in [-0.25, -0.2) is 0 Å². The Labute approximate surface area is 142 Å². The first-order valence-electron chi connectivity index (χ1n) is 8.42. The maximum atomic E-state index is 12.2. The van der Waals surface area contributed by atoms with Crippen LogP contribution in [-0.2, 0) is 19.0 Å². The van der Waals surface area contributed by atoms with E-state index in [0.29, 0.717) is 19.7 Å². The molecule has 1 fully saturated rings. The van der Waals surface area contributed by atoms with Gasteiger partial charge in [-0.05, 0) is 27.7 Å². The molecule has 0 aromatic carbocycles.